The van der Waals surface area contributed by atoms with Gasteiger partial charge in [0.25, 0.3) is 0 Å². The Morgan fingerprint density at radius 1 is 1.21 bits per heavy atom. The summed E-state index contributed by atoms with van der Waals surface area (Å²) in [4.78, 5) is 12.8. The molecule has 0 unspecified atom stereocenters. The van der Waals surface area contributed by atoms with Gasteiger partial charge in [0, 0.05) is 23.7 Å². The van der Waals surface area contributed by atoms with Crippen LogP contribution < -0.4 is 20.1 Å². The highest BCUT2D eigenvalue weighted by Crippen LogP contribution is 2.31. The lowest BCUT2D eigenvalue weighted by molar-refractivity contribution is -0.0497. The van der Waals surface area contributed by atoms with E-state index in [0.29, 0.717) is 28.3 Å². The SMILES string of the molecule is FC(F)Oc1ccc(Nc2ncnc3cnc(O[C@H]4CCNC4)cc23)cc1Cl. The maximum Gasteiger partial charge on any atom is 0.387 e. The van der Waals surface area contributed by atoms with Crippen LogP contribution in [0.25, 0.3) is 10.9 Å². The van der Waals surface area contributed by atoms with Crippen molar-refractivity contribution in [1.82, 2.24) is 20.3 Å². The maximum absolute atomic E-state index is 12.4. The molecular formula is C18H16ClF2N5O2. The Bertz CT molecular complexity index is 985. The van der Waals surface area contributed by atoms with Gasteiger partial charge in [-0.3, -0.25) is 0 Å². The Labute approximate surface area is 164 Å². The lowest BCUT2D eigenvalue weighted by Crippen LogP contribution is -2.20. The van der Waals surface area contributed by atoms with Crippen LogP contribution in [0, 0.1) is 0 Å². The Morgan fingerprint density at radius 3 is 2.86 bits per heavy atom. The number of fused-ring (bicyclic) bond motifs is 1. The molecule has 0 saturated carbocycles. The first-order valence-electron chi connectivity index (χ1n) is 8.58. The number of hydrogen-bond donors (Lipinski definition) is 2. The van der Waals surface area contributed by atoms with Crippen LogP contribution in [0.5, 0.6) is 11.6 Å². The number of halogens is 3. The molecule has 1 fully saturated rings. The van der Waals surface area contributed by atoms with Crippen molar-refractivity contribution < 1.29 is 18.3 Å². The predicted octanol–water partition coefficient (Wildman–Crippen LogP) is 3.76. The van der Waals surface area contributed by atoms with Crippen molar-refractivity contribution in [1.29, 1.82) is 0 Å². The normalized spacial score (nSPS) is 16.5. The van der Waals surface area contributed by atoms with Crippen molar-refractivity contribution >= 4 is 34.0 Å². The van der Waals surface area contributed by atoms with Crippen molar-refractivity contribution in [3.63, 3.8) is 0 Å². The average Bonchev–Trinajstić information content (AvgIpc) is 3.17. The van der Waals surface area contributed by atoms with Gasteiger partial charge < -0.3 is 20.1 Å². The number of pyridine rings is 1. The molecule has 10 heteroatoms. The van der Waals surface area contributed by atoms with Crippen LogP contribution in [-0.4, -0.2) is 40.8 Å². The molecule has 1 aliphatic heterocycles. The number of rotatable bonds is 6. The van der Waals surface area contributed by atoms with Crippen LogP contribution in [0.4, 0.5) is 20.3 Å². The molecule has 0 spiro atoms. The third kappa shape index (κ3) is 4.20. The van der Waals surface area contributed by atoms with Gasteiger partial charge >= 0.3 is 6.61 Å². The number of aromatic nitrogens is 3. The zero-order chi connectivity index (χ0) is 19.5. The third-order valence-electron chi connectivity index (χ3n) is 4.21. The fourth-order valence-electron chi connectivity index (χ4n) is 2.91. The number of alkyl halides is 2. The molecule has 1 aliphatic rings. The minimum Gasteiger partial charge on any atom is -0.473 e. The lowest BCUT2D eigenvalue weighted by atomic mass is 10.2. The van der Waals surface area contributed by atoms with Gasteiger partial charge in [-0.15, -0.1) is 0 Å². The monoisotopic (exact) mass is 407 g/mol. The van der Waals surface area contributed by atoms with Gasteiger partial charge in [-0.1, -0.05) is 11.6 Å². The number of nitrogens with one attached hydrogen (secondary N) is 2. The molecule has 28 heavy (non-hydrogen) atoms. The molecule has 0 amide bonds. The first-order valence-corrected chi connectivity index (χ1v) is 8.96. The van der Waals surface area contributed by atoms with Gasteiger partial charge in [-0.25, -0.2) is 15.0 Å². The summed E-state index contributed by atoms with van der Waals surface area (Å²) in [6, 6.07) is 6.19. The van der Waals surface area contributed by atoms with Gasteiger partial charge in [0.05, 0.1) is 16.7 Å². The van der Waals surface area contributed by atoms with E-state index in [0.717, 1.165) is 19.5 Å². The zero-order valence-electron chi connectivity index (χ0n) is 14.5. The van der Waals surface area contributed by atoms with Crippen LogP contribution >= 0.6 is 11.6 Å². The smallest absolute Gasteiger partial charge is 0.387 e. The lowest BCUT2D eigenvalue weighted by Gasteiger charge is -2.13. The Kier molecular flexibility index (Phi) is 5.36. The summed E-state index contributed by atoms with van der Waals surface area (Å²) in [5, 5.41) is 7.12. The Balaban J connectivity index is 1.60. The first-order chi connectivity index (χ1) is 13.6. The Hall–Kier alpha value is -2.78. The van der Waals surface area contributed by atoms with E-state index in [-0.39, 0.29) is 16.9 Å². The van der Waals surface area contributed by atoms with Crippen molar-refractivity contribution in [2.24, 2.45) is 0 Å². The molecule has 4 rings (SSSR count). The molecule has 2 aromatic heterocycles. The second kappa shape index (κ2) is 8.07. The van der Waals surface area contributed by atoms with E-state index in [4.69, 9.17) is 16.3 Å². The van der Waals surface area contributed by atoms with E-state index in [2.05, 4.69) is 30.3 Å². The van der Waals surface area contributed by atoms with E-state index < -0.39 is 6.61 Å². The quantitative estimate of drug-likeness (QED) is 0.643. The maximum atomic E-state index is 12.4. The molecule has 0 bridgehead atoms. The summed E-state index contributed by atoms with van der Waals surface area (Å²) in [6.07, 6.45) is 4.02. The average molecular weight is 408 g/mol. The predicted molar refractivity (Wildman–Crippen MR) is 101 cm³/mol. The van der Waals surface area contributed by atoms with Crippen LogP contribution in [0.15, 0.2) is 36.8 Å². The molecular weight excluding hydrogens is 392 g/mol. The van der Waals surface area contributed by atoms with Gasteiger partial charge in [0.15, 0.2) is 0 Å². The summed E-state index contributed by atoms with van der Waals surface area (Å²) in [5.74, 6) is 0.901. The molecule has 7 nitrogen and oxygen atoms in total. The zero-order valence-corrected chi connectivity index (χ0v) is 15.3. The minimum absolute atomic E-state index is 0.0584. The molecule has 1 atom stereocenters. The van der Waals surface area contributed by atoms with Crippen molar-refractivity contribution in [3.05, 3.63) is 41.8 Å². The molecule has 3 aromatic rings. The highest BCUT2D eigenvalue weighted by atomic mass is 35.5. The van der Waals surface area contributed by atoms with Crippen LogP contribution in [-0.2, 0) is 0 Å². The highest BCUT2D eigenvalue weighted by molar-refractivity contribution is 6.32. The number of hydrogen-bond acceptors (Lipinski definition) is 7. The van der Waals surface area contributed by atoms with E-state index in [1.807, 2.05) is 0 Å². The number of nitrogens with zero attached hydrogens (tertiary/aromatic N) is 3. The van der Waals surface area contributed by atoms with Gasteiger partial charge in [0.1, 0.15) is 24.0 Å². The Morgan fingerprint density at radius 2 is 2.11 bits per heavy atom. The van der Waals surface area contributed by atoms with Crippen molar-refractivity contribution in [2.45, 2.75) is 19.1 Å². The van der Waals surface area contributed by atoms with Crippen LogP contribution in [0.1, 0.15) is 6.42 Å². The third-order valence-corrected chi connectivity index (χ3v) is 4.51. The highest BCUT2D eigenvalue weighted by Gasteiger charge is 2.17. The van der Waals surface area contributed by atoms with Crippen LogP contribution in [0.3, 0.4) is 0 Å². The van der Waals surface area contributed by atoms with E-state index in [9.17, 15) is 8.78 Å². The van der Waals surface area contributed by atoms with Gasteiger partial charge in [-0.05, 0) is 31.2 Å². The first kappa shape index (κ1) is 18.6. The molecule has 3 heterocycles. The summed E-state index contributed by atoms with van der Waals surface area (Å²) >= 11 is 6.01. The summed E-state index contributed by atoms with van der Waals surface area (Å²) in [5.41, 5.74) is 1.20. The fraction of sp³-hybridized carbons (Fsp3) is 0.278. The van der Waals surface area contributed by atoms with E-state index in [1.54, 1.807) is 18.3 Å². The number of anilines is 2. The van der Waals surface area contributed by atoms with E-state index in [1.165, 1.54) is 18.5 Å². The largest absolute Gasteiger partial charge is 0.473 e. The fourth-order valence-corrected chi connectivity index (χ4v) is 3.14. The number of ether oxygens (including phenoxy) is 2. The molecule has 2 N–H and O–H groups in total. The topological polar surface area (TPSA) is 81.2 Å². The minimum atomic E-state index is -2.94. The summed E-state index contributed by atoms with van der Waals surface area (Å²) in [7, 11) is 0. The molecule has 0 radical (unpaired) electrons. The number of benzene rings is 1. The van der Waals surface area contributed by atoms with Gasteiger partial charge in [-0.2, -0.15) is 8.78 Å². The second-order valence-electron chi connectivity index (χ2n) is 6.14. The molecule has 146 valence electrons. The molecule has 1 aromatic carbocycles. The van der Waals surface area contributed by atoms with E-state index >= 15 is 0 Å². The van der Waals surface area contributed by atoms with Gasteiger partial charge in [0.2, 0.25) is 5.88 Å². The van der Waals surface area contributed by atoms with Crippen LogP contribution in [0.2, 0.25) is 5.02 Å². The summed E-state index contributed by atoms with van der Waals surface area (Å²) < 4.78 is 35.0. The molecule has 0 aliphatic carbocycles. The second-order valence-corrected chi connectivity index (χ2v) is 6.55. The van der Waals surface area contributed by atoms with Crippen molar-refractivity contribution in [2.75, 3.05) is 18.4 Å². The van der Waals surface area contributed by atoms with Crippen molar-refractivity contribution in [3.8, 4) is 11.6 Å². The molecule has 1 saturated heterocycles. The summed E-state index contributed by atoms with van der Waals surface area (Å²) in [6.45, 7) is -1.25. The standard InChI is InChI=1S/C18H16ClF2N5O2/c19-13-5-10(1-2-15(13)28-18(20)21)26-17-12-6-16(27-11-3-4-22-7-11)23-8-14(12)24-9-25-17/h1-2,5-6,8-9,11,18,22H,3-4,7H2,(H,24,25,26)/t11-/m0/s1.